The molecule has 0 aliphatic heterocycles. The molecule has 0 saturated carbocycles. The van der Waals surface area contributed by atoms with Crippen molar-refractivity contribution >= 4 is 18.1 Å². The van der Waals surface area contributed by atoms with E-state index in [-0.39, 0.29) is 0 Å². The molecule has 0 saturated heterocycles. The molecule has 0 heterocycles. The quantitative estimate of drug-likeness (QED) is 0.205. The molecule has 0 radical (unpaired) electrons. The van der Waals surface area contributed by atoms with Gasteiger partial charge in [0.15, 0.2) is 0 Å². The zero-order valence-electron chi connectivity index (χ0n) is 18.9. The zero-order valence-corrected chi connectivity index (χ0v) is 18.9. The van der Waals surface area contributed by atoms with Crippen LogP contribution in [-0.2, 0) is 22.4 Å². The Morgan fingerprint density at radius 3 is 2.17 bits per heavy atom. The molecule has 6 heteroatoms. The monoisotopic (exact) mass is 415 g/mol. The van der Waals surface area contributed by atoms with Crippen molar-refractivity contribution in [1.82, 2.24) is 5.32 Å². The van der Waals surface area contributed by atoms with Crippen molar-refractivity contribution in [3.05, 3.63) is 40.9 Å². The van der Waals surface area contributed by atoms with Gasteiger partial charge in [-0.2, -0.15) is 4.79 Å². The lowest BCUT2D eigenvalue weighted by Gasteiger charge is -2.22. The number of aryl methyl sites for hydroxylation is 2. The van der Waals surface area contributed by atoms with Gasteiger partial charge in [0.1, 0.15) is 11.6 Å². The highest BCUT2D eigenvalue weighted by Crippen LogP contribution is 2.13. The maximum atomic E-state index is 12.2. The summed E-state index contributed by atoms with van der Waals surface area (Å²) in [6.07, 6.45) is 9.95. The lowest BCUT2D eigenvalue weighted by Crippen LogP contribution is -2.44. The molecular formula is C24H37N3O3. The number of hydrogen-bond donors (Lipinski definition) is 1. The number of carbonyl (C=O) groups excluding carboxylic acids is 2. The third kappa shape index (κ3) is 11.5. The number of hydrogen-bond acceptors (Lipinski definition) is 3. The van der Waals surface area contributed by atoms with E-state index in [1.54, 1.807) is 20.8 Å². The van der Waals surface area contributed by atoms with Gasteiger partial charge in [0.25, 0.3) is 5.78 Å². The van der Waals surface area contributed by atoms with Gasteiger partial charge in [-0.05, 0) is 57.6 Å². The molecule has 0 bridgehead atoms. The van der Waals surface area contributed by atoms with E-state index < -0.39 is 23.5 Å². The standard InChI is InChI=1S/C24H37N3O3/c1-5-6-7-8-9-10-11-19-12-14-20(15-13-19)16-17-21(22(28)18-26-25)27-23(29)30-24(2,3)4/h12-15,18,21H,5-11,16-17H2,1-4H3,(H,27,29). The summed E-state index contributed by atoms with van der Waals surface area (Å²) in [6.45, 7) is 7.50. The number of rotatable bonds is 13. The van der Waals surface area contributed by atoms with Gasteiger partial charge in [-0.25, -0.2) is 4.79 Å². The highest BCUT2D eigenvalue weighted by Gasteiger charge is 2.25. The Morgan fingerprint density at radius 2 is 1.60 bits per heavy atom. The molecule has 0 aliphatic carbocycles. The van der Waals surface area contributed by atoms with Crippen LogP contribution in [0.3, 0.4) is 0 Å². The van der Waals surface area contributed by atoms with Gasteiger partial charge in [-0.15, -0.1) is 0 Å². The van der Waals surface area contributed by atoms with E-state index in [4.69, 9.17) is 10.3 Å². The molecule has 0 spiro atoms. The molecule has 30 heavy (non-hydrogen) atoms. The van der Waals surface area contributed by atoms with Gasteiger partial charge in [-0.3, -0.25) is 4.79 Å². The first-order chi connectivity index (χ1) is 14.2. The number of unbranched alkanes of at least 4 members (excludes halogenated alkanes) is 5. The average Bonchev–Trinajstić information content (AvgIpc) is 2.67. The fourth-order valence-electron chi connectivity index (χ4n) is 3.18. The summed E-state index contributed by atoms with van der Waals surface area (Å²) in [5.41, 5.74) is 10.4. The summed E-state index contributed by atoms with van der Waals surface area (Å²) < 4.78 is 5.22. The lowest BCUT2D eigenvalue weighted by molar-refractivity contribution is -0.118. The lowest BCUT2D eigenvalue weighted by atomic mass is 9.99. The summed E-state index contributed by atoms with van der Waals surface area (Å²) >= 11 is 0. The van der Waals surface area contributed by atoms with Crippen molar-refractivity contribution in [1.29, 1.82) is 0 Å². The summed E-state index contributed by atoms with van der Waals surface area (Å²) in [5, 5.41) is 2.58. The number of Topliss-reactive ketones (excluding diaryl/α,β-unsaturated/α-hetero) is 1. The molecule has 0 aromatic heterocycles. The molecule has 1 rings (SSSR count). The zero-order chi connectivity index (χ0) is 22.4. The largest absolute Gasteiger partial charge is 0.444 e. The van der Waals surface area contributed by atoms with Crippen LogP contribution in [0.5, 0.6) is 0 Å². The van der Waals surface area contributed by atoms with E-state index in [9.17, 15) is 9.59 Å². The predicted molar refractivity (Wildman–Crippen MR) is 120 cm³/mol. The average molecular weight is 416 g/mol. The normalized spacial score (nSPS) is 12.0. The first-order valence-corrected chi connectivity index (χ1v) is 11.0. The molecule has 1 unspecified atom stereocenters. The minimum Gasteiger partial charge on any atom is -0.444 e. The van der Waals surface area contributed by atoms with E-state index in [0.29, 0.717) is 12.8 Å². The van der Waals surface area contributed by atoms with Crippen molar-refractivity contribution < 1.29 is 19.1 Å². The van der Waals surface area contributed by atoms with Crippen LogP contribution in [0.4, 0.5) is 4.79 Å². The van der Waals surface area contributed by atoms with E-state index in [2.05, 4.69) is 41.3 Å². The van der Waals surface area contributed by atoms with Crippen molar-refractivity contribution in [3.8, 4) is 0 Å². The van der Waals surface area contributed by atoms with Gasteiger partial charge in [0.2, 0.25) is 0 Å². The van der Waals surface area contributed by atoms with Crippen LogP contribution in [0, 0.1) is 0 Å². The number of nitrogens with zero attached hydrogens (tertiary/aromatic N) is 2. The number of ether oxygens (including phenoxy) is 1. The van der Waals surface area contributed by atoms with Crippen molar-refractivity contribution in [2.75, 3.05) is 0 Å². The number of alkyl carbamates (subject to hydrolysis) is 1. The summed E-state index contributed by atoms with van der Waals surface area (Å²) in [7, 11) is 0. The smallest absolute Gasteiger partial charge is 0.408 e. The van der Waals surface area contributed by atoms with E-state index in [1.165, 1.54) is 44.1 Å². The SMILES string of the molecule is CCCCCCCCc1ccc(CCC(NC(=O)OC(C)(C)C)C(=O)C=[N+]=[N-])cc1. The van der Waals surface area contributed by atoms with Gasteiger partial charge in [0.05, 0.1) is 0 Å². The molecule has 1 atom stereocenters. The molecule has 6 nitrogen and oxygen atoms in total. The second-order valence-electron chi connectivity index (χ2n) is 8.72. The molecule has 0 aliphatic rings. The molecule has 1 N–H and O–H groups in total. The van der Waals surface area contributed by atoms with E-state index >= 15 is 0 Å². The van der Waals surface area contributed by atoms with Crippen LogP contribution in [0.25, 0.3) is 5.53 Å². The molecule has 1 aromatic rings. The first-order valence-electron chi connectivity index (χ1n) is 11.0. The van der Waals surface area contributed by atoms with Crippen molar-refractivity contribution in [3.63, 3.8) is 0 Å². The maximum absolute atomic E-state index is 12.2. The van der Waals surface area contributed by atoms with Gasteiger partial charge < -0.3 is 15.6 Å². The highest BCUT2D eigenvalue weighted by atomic mass is 16.6. The topological polar surface area (TPSA) is 91.8 Å². The Morgan fingerprint density at radius 1 is 1.03 bits per heavy atom. The van der Waals surface area contributed by atoms with Gasteiger partial charge in [-0.1, -0.05) is 63.3 Å². The fourth-order valence-corrected chi connectivity index (χ4v) is 3.18. The number of amides is 1. The molecule has 1 aromatic carbocycles. The van der Waals surface area contributed by atoms with Gasteiger partial charge >= 0.3 is 12.3 Å². The van der Waals surface area contributed by atoms with Crippen LogP contribution in [0.1, 0.15) is 83.8 Å². The fraction of sp³-hybridized carbons (Fsp3) is 0.625. The second kappa shape index (κ2) is 13.7. The maximum Gasteiger partial charge on any atom is 0.408 e. The van der Waals surface area contributed by atoms with Gasteiger partial charge in [0, 0.05) is 0 Å². The second-order valence-corrected chi connectivity index (χ2v) is 8.72. The van der Waals surface area contributed by atoms with E-state index in [1.807, 2.05) is 0 Å². The van der Waals surface area contributed by atoms with Crippen molar-refractivity contribution in [2.24, 2.45) is 0 Å². The Balaban J connectivity index is 2.54. The molecule has 0 fully saturated rings. The van der Waals surface area contributed by atoms with Crippen LogP contribution < -0.4 is 5.32 Å². The number of ketones is 1. The molecular weight excluding hydrogens is 378 g/mol. The minimum atomic E-state index is -0.807. The third-order valence-corrected chi connectivity index (χ3v) is 4.78. The Bertz CT molecular complexity index is 701. The van der Waals surface area contributed by atoms with Crippen molar-refractivity contribution in [2.45, 2.75) is 97.1 Å². The minimum absolute atomic E-state index is 0.390. The Labute approximate surface area is 181 Å². The summed E-state index contributed by atoms with van der Waals surface area (Å²) in [5.74, 6) is -0.469. The van der Waals surface area contributed by atoms with Crippen LogP contribution >= 0.6 is 0 Å². The van der Waals surface area contributed by atoms with Crippen LogP contribution in [0.15, 0.2) is 24.3 Å². The van der Waals surface area contributed by atoms with Crippen LogP contribution in [-0.4, -0.2) is 34.5 Å². The van der Waals surface area contributed by atoms with E-state index in [0.717, 1.165) is 18.2 Å². The molecule has 1 amide bonds. The van der Waals surface area contributed by atoms with Crippen LogP contribution in [0.2, 0.25) is 0 Å². The first kappa shape index (κ1) is 25.6. The third-order valence-electron chi connectivity index (χ3n) is 4.78. The summed E-state index contributed by atoms with van der Waals surface area (Å²) in [6, 6.07) is 7.60. The number of benzene rings is 1. The highest BCUT2D eigenvalue weighted by molar-refractivity contribution is 6.28. The Hall–Kier alpha value is -2.46. The number of carbonyl (C=O) groups is 2. The molecule has 166 valence electrons. The predicted octanol–water partition coefficient (Wildman–Crippen LogP) is 5.29. The summed E-state index contributed by atoms with van der Waals surface area (Å²) in [4.78, 5) is 27.0. The number of nitrogens with one attached hydrogen (secondary N) is 1. The Kier molecular flexibility index (Phi) is 11.7.